The molecule has 0 aliphatic carbocycles. The van der Waals surface area contributed by atoms with E-state index < -0.39 is 17.4 Å². The van der Waals surface area contributed by atoms with Gasteiger partial charge >= 0.3 is 0 Å². The lowest BCUT2D eigenvalue weighted by Gasteiger charge is -2.39. The fraction of sp³-hybridized carbons (Fsp3) is 0.278. The minimum atomic E-state index is -1.64. The van der Waals surface area contributed by atoms with Gasteiger partial charge in [-0.15, -0.1) is 0 Å². The second kappa shape index (κ2) is 5.96. The average Bonchev–Trinajstić information content (AvgIpc) is 2.56. The molecule has 1 aliphatic rings. The minimum absolute atomic E-state index is 0.388. The topological polar surface area (TPSA) is 71.5 Å². The van der Waals surface area contributed by atoms with Crippen molar-refractivity contribution in [1.29, 1.82) is 0 Å². The van der Waals surface area contributed by atoms with E-state index in [1.54, 1.807) is 29.3 Å². The van der Waals surface area contributed by atoms with E-state index >= 15 is 0 Å². The summed E-state index contributed by atoms with van der Waals surface area (Å²) < 4.78 is 5.80. The van der Waals surface area contributed by atoms with Gasteiger partial charge in [-0.2, -0.15) is 0 Å². The van der Waals surface area contributed by atoms with Crippen LogP contribution in [0.25, 0.3) is 0 Å². The molecule has 1 unspecified atom stereocenters. The van der Waals surface area contributed by atoms with Crippen LogP contribution in [0.4, 0.5) is 11.5 Å². The standard InChI is InChI=1S/C18H19N3O3/c1-4-21-13-7-5-6-8-14(13)24-18(3,17(21)23)16(22)20-15-11-12(2)9-10-19-15/h5-11H,4H2,1-3H3,(H,19,20,22). The molecule has 0 saturated heterocycles. The van der Waals surface area contributed by atoms with Gasteiger partial charge in [-0.25, -0.2) is 4.98 Å². The van der Waals surface area contributed by atoms with Crippen LogP contribution in [0.1, 0.15) is 19.4 Å². The summed E-state index contributed by atoms with van der Waals surface area (Å²) in [7, 11) is 0. The molecule has 2 heterocycles. The van der Waals surface area contributed by atoms with Crippen molar-refractivity contribution < 1.29 is 14.3 Å². The van der Waals surface area contributed by atoms with E-state index in [0.29, 0.717) is 23.8 Å². The summed E-state index contributed by atoms with van der Waals surface area (Å²) in [6.07, 6.45) is 1.60. The number of fused-ring (bicyclic) bond motifs is 1. The molecule has 6 nitrogen and oxygen atoms in total. The van der Waals surface area contributed by atoms with Crippen molar-refractivity contribution in [3.63, 3.8) is 0 Å². The maximum atomic E-state index is 12.9. The Morgan fingerprint density at radius 1 is 1.33 bits per heavy atom. The minimum Gasteiger partial charge on any atom is -0.465 e. The Balaban J connectivity index is 1.94. The summed E-state index contributed by atoms with van der Waals surface area (Å²) in [5.74, 6) is -0.0410. The zero-order chi connectivity index (χ0) is 17.3. The van der Waals surface area contributed by atoms with Gasteiger partial charge in [-0.1, -0.05) is 12.1 Å². The van der Waals surface area contributed by atoms with E-state index in [1.807, 2.05) is 32.0 Å². The maximum Gasteiger partial charge on any atom is 0.280 e. The SMILES string of the molecule is CCN1C(=O)C(C)(C(=O)Nc2cc(C)ccn2)Oc2ccccc21. The first kappa shape index (κ1) is 16.0. The van der Waals surface area contributed by atoms with Gasteiger partial charge in [0.15, 0.2) is 0 Å². The van der Waals surface area contributed by atoms with Crippen molar-refractivity contribution in [2.75, 3.05) is 16.8 Å². The fourth-order valence-electron chi connectivity index (χ4n) is 2.69. The van der Waals surface area contributed by atoms with Crippen molar-refractivity contribution in [2.45, 2.75) is 26.4 Å². The Morgan fingerprint density at radius 2 is 2.08 bits per heavy atom. The number of pyridine rings is 1. The molecule has 1 aromatic carbocycles. The van der Waals surface area contributed by atoms with Crippen LogP contribution in [-0.4, -0.2) is 28.9 Å². The number of carbonyl (C=O) groups is 2. The molecule has 0 radical (unpaired) electrons. The molecule has 1 aromatic heterocycles. The first-order valence-electron chi connectivity index (χ1n) is 7.80. The molecule has 24 heavy (non-hydrogen) atoms. The molecule has 0 bridgehead atoms. The van der Waals surface area contributed by atoms with Crippen LogP contribution in [-0.2, 0) is 9.59 Å². The van der Waals surface area contributed by atoms with Crippen molar-refractivity contribution in [1.82, 2.24) is 4.98 Å². The number of nitrogens with zero attached hydrogens (tertiary/aromatic N) is 2. The molecule has 1 N–H and O–H groups in total. The van der Waals surface area contributed by atoms with Crippen LogP contribution in [0, 0.1) is 6.92 Å². The number of anilines is 2. The summed E-state index contributed by atoms with van der Waals surface area (Å²) in [5.41, 5.74) is -0.0127. The molecule has 2 amide bonds. The second-order valence-corrected chi connectivity index (χ2v) is 5.83. The number of carbonyl (C=O) groups excluding carboxylic acids is 2. The molecule has 0 fully saturated rings. The average molecular weight is 325 g/mol. The third-order valence-corrected chi connectivity index (χ3v) is 4.03. The monoisotopic (exact) mass is 325 g/mol. The zero-order valence-electron chi connectivity index (χ0n) is 13.9. The Morgan fingerprint density at radius 3 is 2.79 bits per heavy atom. The smallest absolute Gasteiger partial charge is 0.280 e. The van der Waals surface area contributed by atoms with Crippen molar-refractivity contribution >= 4 is 23.3 Å². The van der Waals surface area contributed by atoms with E-state index in [2.05, 4.69) is 10.3 Å². The number of hydrogen-bond acceptors (Lipinski definition) is 4. The third kappa shape index (κ3) is 2.60. The van der Waals surface area contributed by atoms with E-state index in [9.17, 15) is 9.59 Å². The molecule has 1 atom stereocenters. The van der Waals surface area contributed by atoms with E-state index in [4.69, 9.17) is 4.74 Å². The summed E-state index contributed by atoms with van der Waals surface area (Å²) >= 11 is 0. The Labute approximate surface area is 140 Å². The lowest BCUT2D eigenvalue weighted by molar-refractivity contribution is -0.145. The number of rotatable bonds is 3. The fourth-order valence-corrected chi connectivity index (χ4v) is 2.69. The van der Waals surface area contributed by atoms with Crippen LogP contribution < -0.4 is 15.0 Å². The van der Waals surface area contributed by atoms with Crippen molar-refractivity contribution in [2.24, 2.45) is 0 Å². The van der Waals surface area contributed by atoms with Gasteiger partial charge in [0, 0.05) is 12.7 Å². The highest BCUT2D eigenvalue weighted by Crippen LogP contribution is 2.37. The number of benzene rings is 1. The van der Waals surface area contributed by atoms with Gasteiger partial charge in [0.1, 0.15) is 11.6 Å². The maximum absolute atomic E-state index is 12.9. The number of ether oxygens (including phenoxy) is 1. The van der Waals surface area contributed by atoms with Gasteiger partial charge in [0.2, 0.25) is 0 Å². The Hall–Kier alpha value is -2.89. The van der Waals surface area contributed by atoms with Crippen LogP contribution in [0.3, 0.4) is 0 Å². The Kier molecular flexibility index (Phi) is 3.97. The molecule has 2 aromatic rings. The van der Waals surface area contributed by atoms with Crippen LogP contribution in [0.5, 0.6) is 5.75 Å². The molecule has 1 aliphatic heterocycles. The number of para-hydroxylation sites is 2. The first-order valence-corrected chi connectivity index (χ1v) is 7.80. The lowest BCUT2D eigenvalue weighted by atomic mass is 10.00. The summed E-state index contributed by atoms with van der Waals surface area (Å²) in [6, 6.07) is 10.8. The predicted octanol–water partition coefficient (Wildman–Crippen LogP) is 2.53. The molecule has 6 heteroatoms. The molecular formula is C18H19N3O3. The molecule has 3 rings (SSSR count). The highest BCUT2D eigenvalue weighted by molar-refractivity contribution is 6.19. The molecule has 0 saturated carbocycles. The highest BCUT2D eigenvalue weighted by atomic mass is 16.5. The predicted molar refractivity (Wildman–Crippen MR) is 91.1 cm³/mol. The first-order chi connectivity index (χ1) is 11.5. The van der Waals surface area contributed by atoms with Gasteiger partial charge < -0.3 is 15.0 Å². The van der Waals surface area contributed by atoms with E-state index in [1.165, 1.54) is 6.92 Å². The quantitative estimate of drug-likeness (QED) is 0.880. The highest BCUT2D eigenvalue weighted by Gasteiger charge is 2.50. The third-order valence-electron chi connectivity index (χ3n) is 4.03. The van der Waals surface area contributed by atoms with Gasteiger partial charge in [0.05, 0.1) is 5.69 Å². The van der Waals surface area contributed by atoms with Crippen LogP contribution in [0.2, 0.25) is 0 Å². The summed E-state index contributed by atoms with van der Waals surface area (Å²) in [4.78, 5) is 31.3. The normalized spacial score (nSPS) is 19.5. The van der Waals surface area contributed by atoms with Gasteiger partial charge in [-0.05, 0) is 50.6 Å². The van der Waals surface area contributed by atoms with Gasteiger partial charge in [-0.3, -0.25) is 9.59 Å². The summed E-state index contributed by atoms with van der Waals surface area (Å²) in [6.45, 7) is 5.70. The van der Waals surface area contributed by atoms with Crippen molar-refractivity contribution in [3.8, 4) is 5.75 Å². The number of hydrogen-bond donors (Lipinski definition) is 1. The number of amides is 2. The number of aromatic nitrogens is 1. The van der Waals surface area contributed by atoms with Crippen LogP contribution in [0.15, 0.2) is 42.6 Å². The second-order valence-electron chi connectivity index (χ2n) is 5.83. The number of likely N-dealkylation sites (N-methyl/N-ethyl adjacent to an activating group) is 1. The molecule has 124 valence electrons. The molecular weight excluding hydrogens is 306 g/mol. The molecule has 0 spiro atoms. The number of nitrogens with one attached hydrogen (secondary N) is 1. The lowest BCUT2D eigenvalue weighted by Crippen LogP contribution is -2.60. The summed E-state index contributed by atoms with van der Waals surface area (Å²) in [5, 5.41) is 2.68. The number of aryl methyl sites for hydroxylation is 1. The van der Waals surface area contributed by atoms with E-state index in [0.717, 1.165) is 5.56 Å². The zero-order valence-corrected chi connectivity index (χ0v) is 13.9. The van der Waals surface area contributed by atoms with Gasteiger partial charge in [0.25, 0.3) is 17.4 Å². The van der Waals surface area contributed by atoms with Crippen molar-refractivity contribution in [3.05, 3.63) is 48.2 Å². The van der Waals surface area contributed by atoms with E-state index in [-0.39, 0.29) is 0 Å². The Bertz CT molecular complexity index is 806. The largest absolute Gasteiger partial charge is 0.465 e. The van der Waals surface area contributed by atoms with Crippen LogP contribution >= 0.6 is 0 Å².